The molecule has 0 bridgehead atoms. The van der Waals surface area contributed by atoms with Crippen LogP contribution in [0, 0.1) is 13.8 Å². The monoisotopic (exact) mass is 639 g/mol. The van der Waals surface area contributed by atoms with E-state index in [0.717, 1.165) is 0 Å². The van der Waals surface area contributed by atoms with Crippen molar-refractivity contribution in [3.8, 4) is 16.8 Å². The van der Waals surface area contributed by atoms with Gasteiger partial charge in [-0.1, -0.05) is 156 Å². The number of aromatic nitrogens is 1. The number of fused-ring (bicyclic) bond motifs is 6. The summed E-state index contributed by atoms with van der Waals surface area (Å²) in [5.74, 6) is 0. The topological polar surface area (TPSA) is 4.93 Å². The largest absolute Gasteiger partial charge is 0.309 e. The maximum atomic E-state index is 2.54. The van der Waals surface area contributed by atoms with Crippen LogP contribution in [0.5, 0.6) is 0 Å². The lowest BCUT2D eigenvalue weighted by atomic mass is 9.86. The van der Waals surface area contributed by atoms with Gasteiger partial charge in [-0.15, -0.1) is 0 Å². The average molecular weight is 640 g/mol. The van der Waals surface area contributed by atoms with Crippen molar-refractivity contribution in [1.29, 1.82) is 0 Å². The number of nitrogens with zero attached hydrogens (tertiary/aromatic N) is 1. The van der Waals surface area contributed by atoms with Gasteiger partial charge in [0.1, 0.15) is 0 Å². The van der Waals surface area contributed by atoms with Crippen molar-refractivity contribution in [3.05, 3.63) is 150 Å². The maximum Gasteiger partial charge on any atom is 0.180 e. The third kappa shape index (κ3) is 4.57. The van der Waals surface area contributed by atoms with Crippen molar-refractivity contribution in [2.24, 2.45) is 0 Å². The molecule has 1 aliphatic heterocycles. The van der Waals surface area contributed by atoms with Crippen molar-refractivity contribution in [2.45, 2.75) is 66.2 Å². The van der Waals surface area contributed by atoms with Crippen molar-refractivity contribution >= 4 is 50.6 Å². The van der Waals surface area contributed by atoms with E-state index in [0.29, 0.717) is 0 Å². The van der Waals surface area contributed by atoms with E-state index in [1.807, 2.05) is 0 Å². The van der Waals surface area contributed by atoms with Gasteiger partial charge < -0.3 is 4.57 Å². The average Bonchev–Trinajstić information content (AvgIpc) is 3.54. The van der Waals surface area contributed by atoms with E-state index in [4.69, 9.17) is 0 Å². The van der Waals surface area contributed by atoms with Crippen LogP contribution in [0.2, 0.25) is 0 Å². The molecule has 48 heavy (non-hydrogen) atoms. The molecule has 1 aromatic heterocycles. The van der Waals surface area contributed by atoms with Crippen LogP contribution in [0.15, 0.2) is 127 Å². The maximum absolute atomic E-state index is 2.56. The molecule has 0 atom stereocenters. The Morgan fingerprint density at radius 2 is 0.938 bits per heavy atom. The Hall–Kier alpha value is -4.66. The Morgan fingerprint density at radius 3 is 1.44 bits per heavy atom. The second-order valence-corrected chi connectivity index (χ2v) is 19.8. The lowest BCUT2D eigenvalue weighted by Gasteiger charge is -2.31. The van der Waals surface area contributed by atoms with Crippen molar-refractivity contribution in [1.82, 2.24) is 4.57 Å². The molecular formula is C46H45NSi. The molecule has 0 radical (unpaired) electrons. The second kappa shape index (κ2) is 10.7. The molecular weight excluding hydrogens is 595 g/mol. The fraction of sp³-hybridized carbons (Fsp3) is 0.217. The van der Waals surface area contributed by atoms with Crippen LogP contribution in [-0.4, -0.2) is 12.6 Å². The van der Waals surface area contributed by atoms with Gasteiger partial charge in [0.25, 0.3) is 0 Å². The highest BCUT2D eigenvalue weighted by Gasteiger charge is 2.48. The summed E-state index contributed by atoms with van der Waals surface area (Å²) in [7, 11) is -2.56. The van der Waals surface area contributed by atoms with Gasteiger partial charge in [0, 0.05) is 16.5 Å². The Kier molecular flexibility index (Phi) is 6.82. The minimum absolute atomic E-state index is 0.0518. The summed E-state index contributed by atoms with van der Waals surface area (Å²) in [5.41, 5.74) is 11.9. The highest BCUT2D eigenvalue weighted by Crippen LogP contribution is 2.39. The molecule has 0 aliphatic carbocycles. The standard InChI is InChI=1S/C46H45NSi/c1-30-13-20-35(21-14-30)48(36-22-15-31(2)16-23-36)43-12-10-9-11-39(43)40-29-34(19-26-44(40)48)47-41-27-32(45(3,4)5)17-24-37(41)38-25-18-33(28-42(38)47)46(6,7)8/h9-29H,1-8H3. The molecule has 2 heterocycles. The van der Waals surface area contributed by atoms with Gasteiger partial charge in [-0.2, -0.15) is 0 Å². The lowest BCUT2D eigenvalue weighted by Crippen LogP contribution is -2.72. The molecule has 0 saturated heterocycles. The Balaban J connectivity index is 1.46. The molecule has 1 aliphatic rings. The molecule has 0 fully saturated rings. The smallest absolute Gasteiger partial charge is 0.180 e. The van der Waals surface area contributed by atoms with Gasteiger partial charge in [0.05, 0.1) is 11.0 Å². The predicted molar refractivity (Wildman–Crippen MR) is 210 cm³/mol. The normalized spacial score (nSPS) is 14.0. The van der Waals surface area contributed by atoms with E-state index in [1.54, 1.807) is 0 Å². The third-order valence-electron chi connectivity index (χ3n) is 10.8. The highest BCUT2D eigenvalue weighted by atomic mass is 28.3. The number of hydrogen-bond donors (Lipinski definition) is 0. The predicted octanol–water partition coefficient (Wildman–Crippen LogP) is 9.35. The number of aryl methyl sites for hydroxylation is 2. The molecule has 8 rings (SSSR count). The molecule has 0 N–H and O–H groups in total. The molecule has 0 spiro atoms. The summed E-state index contributed by atoms with van der Waals surface area (Å²) in [4.78, 5) is 0. The summed E-state index contributed by atoms with van der Waals surface area (Å²) >= 11 is 0. The lowest BCUT2D eigenvalue weighted by molar-refractivity contribution is 0.591. The first-order valence-corrected chi connectivity index (χ1v) is 19.4. The summed E-state index contributed by atoms with van der Waals surface area (Å²) in [6, 6.07) is 49.6. The second-order valence-electron chi connectivity index (χ2n) is 16.1. The van der Waals surface area contributed by atoms with Gasteiger partial charge in [-0.05, 0) is 91.9 Å². The summed E-state index contributed by atoms with van der Waals surface area (Å²) < 4.78 is 2.54. The SMILES string of the molecule is Cc1ccc([Si]2(c3ccc(C)cc3)c3ccccc3-c3cc(-n4c5cc(C(C)(C)C)ccc5c5ccc(C(C)(C)C)cc54)ccc32)cc1. The number of rotatable bonds is 3. The van der Waals surface area contributed by atoms with E-state index in [2.05, 4.69) is 187 Å². The fourth-order valence-corrected chi connectivity index (χ4v) is 13.2. The summed E-state index contributed by atoms with van der Waals surface area (Å²) in [6.45, 7) is 18.2. The quantitative estimate of drug-likeness (QED) is 0.170. The molecule has 0 saturated carbocycles. The molecule has 238 valence electrons. The minimum atomic E-state index is -2.56. The molecule has 6 aromatic carbocycles. The zero-order valence-electron chi connectivity index (χ0n) is 29.6. The van der Waals surface area contributed by atoms with Gasteiger partial charge >= 0.3 is 0 Å². The van der Waals surface area contributed by atoms with Gasteiger partial charge in [-0.25, -0.2) is 0 Å². The van der Waals surface area contributed by atoms with E-state index >= 15 is 0 Å². The van der Waals surface area contributed by atoms with E-state index in [1.165, 1.54) is 81.6 Å². The Bertz CT molecular complexity index is 2240. The highest BCUT2D eigenvalue weighted by molar-refractivity contribution is 7.22. The van der Waals surface area contributed by atoms with E-state index < -0.39 is 8.07 Å². The van der Waals surface area contributed by atoms with Crippen LogP contribution >= 0.6 is 0 Å². The van der Waals surface area contributed by atoms with Crippen LogP contribution in [0.3, 0.4) is 0 Å². The molecule has 2 heteroatoms. The van der Waals surface area contributed by atoms with Crippen molar-refractivity contribution in [2.75, 3.05) is 0 Å². The number of benzene rings is 6. The van der Waals surface area contributed by atoms with Crippen LogP contribution in [0.4, 0.5) is 0 Å². The third-order valence-corrected chi connectivity index (χ3v) is 15.6. The molecule has 0 unspecified atom stereocenters. The summed E-state index contributed by atoms with van der Waals surface area (Å²) in [5, 5.41) is 8.46. The first-order valence-electron chi connectivity index (χ1n) is 17.4. The summed E-state index contributed by atoms with van der Waals surface area (Å²) in [6.07, 6.45) is 0. The van der Waals surface area contributed by atoms with Gasteiger partial charge in [0.2, 0.25) is 0 Å². The zero-order chi connectivity index (χ0) is 33.6. The molecule has 0 amide bonds. The molecule has 1 nitrogen and oxygen atoms in total. The Labute approximate surface area is 286 Å². The number of hydrogen-bond acceptors (Lipinski definition) is 0. The van der Waals surface area contributed by atoms with Crippen LogP contribution in [0.25, 0.3) is 38.6 Å². The first kappa shape index (κ1) is 30.7. The van der Waals surface area contributed by atoms with Gasteiger partial charge in [-0.3, -0.25) is 0 Å². The molecule has 7 aromatic rings. The van der Waals surface area contributed by atoms with Crippen LogP contribution < -0.4 is 20.7 Å². The van der Waals surface area contributed by atoms with E-state index in [9.17, 15) is 0 Å². The van der Waals surface area contributed by atoms with Crippen LogP contribution in [0.1, 0.15) is 63.8 Å². The van der Waals surface area contributed by atoms with E-state index in [-0.39, 0.29) is 10.8 Å². The van der Waals surface area contributed by atoms with Crippen molar-refractivity contribution in [3.63, 3.8) is 0 Å². The zero-order valence-corrected chi connectivity index (χ0v) is 30.6. The van der Waals surface area contributed by atoms with Crippen LogP contribution in [-0.2, 0) is 10.8 Å². The fourth-order valence-electron chi connectivity index (χ4n) is 8.04. The minimum Gasteiger partial charge on any atom is -0.309 e. The van der Waals surface area contributed by atoms with Crippen molar-refractivity contribution < 1.29 is 0 Å². The van der Waals surface area contributed by atoms with Gasteiger partial charge in [0.15, 0.2) is 8.07 Å². The Morgan fingerprint density at radius 1 is 0.458 bits per heavy atom. The first-order chi connectivity index (χ1) is 22.9.